The molecule has 21 heavy (non-hydrogen) atoms. The van der Waals surface area contributed by atoms with Crippen molar-refractivity contribution in [3.05, 3.63) is 41.0 Å². The molecule has 0 bridgehead atoms. The van der Waals surface area contributed by atoms with Crippen molar-refractivity contribution in [3.63, 3.8) is 0 Å². The van der Waals surface area contributed by atoms with Crippen molar-refractivity contribution in [3.8, 4) is 5.75 Å². The van der Waals surface area contributed by atoms with Crippen LogP contribution in [0, 0.1) is 6.92 Å². The van der Waals surface area contributed by atoms with Gasteiger partial charge in [0.1, 0.15) is 12.4 Å². The highest BCUT2D eigenvalue weighted by Gasteiger charge is 2.20. The van der Waals surface area contributed by atoms with Crippen LogP contribution in [0.3, 0.4) is 0 Å². The molecule has 2 aromatic heterocycles. The quantitative estimate of drug-likeness (QED) is 0.848. The Morgan fingerprint density at radius 2 is 2.24 bits per heavy atom. The Kier molecular flexibility index (Phi) is 4.20. The van der Waals surface area contributed by atoms with Crippen molar-refractivity contribution < 1.29 is 9.26 Å². The molecular formula is C16H21N3O2. The summed E-state index contributed by atoms with van der Waals surface area (Å²) in [4.78, 5) is 4.48. The van der Waals surface area contributed by atoms with Crippen molar-refractivity contribution in [1.82, 2.24) is 15.5 Å². The first-order valence-electron chi connectivity index (χ1n) is 7.51. The summed E-state index contributed by atoms with van der Waals surface area (Å²) in [5, 5.41) is 7.46. The molecule has 0 atom stereocenters. The monoisotopic (exact) mass is 287 g/mol. The lowest BCUT2D eigenvalue weighted by Crippen LogP contribution is -2.15. The highest BCUT2D eigenvalue weighted by Crippen LogP contribution is 2.20. The predicted molar refractivity (Wildman–Crippen MR) is 79.0 cm³/mol. The van der Waals surface area contributed by atoms with Crippen LogP contribution in [0.2, 0.25) is 0 Å². The Morgan fingerprint density at radius 3 is 3.00 bits per heavy atom. The van der Waals surface area contributed by atoms with Crippen LogP contribution in [0.4, 0.5) is 0 Å². The number of hydrogen-bond acceptors (Lipinski definition) is 5. The highest BCUT2D eigenvalue weighted by atomic mass is 16.5. The molecule has 1 N–H and O–H groups in total. The number of aryl methyl sites for hydroxylation is 2. The van der Waals surface area contributed by atoms with E-state index in [0.717, 1.165) is 41.6 Å². The smallest absolute Gasteiger partial charge is 0.174 e. The molecule has 0 amide bonds. The molecule has 112 valence electrons. The molecule has 0 unspecified atom stereocenters. The van der Waals surface area contributed by atoms with Crippen LogP contribution in [0.5, 0.6) is 5.75 Å². The molecule has 1 aliphatic carbocycles. The van der Waals surface area contributed by atoms with Gasteiger partial charge in [0.05, 0.1) is 11.4 Å². The molecule has 5 nitrogen and oxygen atoms in total. The molecule has 3 rings (SSSR count). The molecule has 0 saturated heterocycles. The molecule has 0 radical (unpaired) electrons. The van der Waals surface area contributed by atoms with Crippen LogP contribution in [0.1, 0.15) is 42.6 Å². The fourth-order valence-corrected chi connectivity index (χ4v) is 2.17. The SMILES string of the molecule is CCc1nc(C)ccc1OCc1cc(CNC2CC2)no1. The minimum atomic E-state index is 0.383. The van der Waals surface area contributed by atoms with E-state index in [0.29, 0.717) is 12.6 Å². The summed E-state index contributed by atoms with van der Waals surface area (Å²) >= 11 is 0. The van der Waals surface area contributed by atoms with E-state index in [1.807, 2.05) is 25.1 Å². The van der Waals surface area contributed by atoms with Gasteiger partial charge in [-0.1, -0.05) is 12.1 Å². The van der Waals surface area contributed by atoms with E-state index in [4.69, 9.17) is 9.26 Å². The summed E-state index contributed by atoms with van der Waals surface area (Å²) in [5.74, 6) is 1.56. The van der Waals surface area contributed by atoms with E-state index in [-0.39, 0.29) is 0 Å². The molecule has 2 heterocycles. The summed E-state index contributed by atoms with van der Waals surface area (Å²) in [7, 11) is 0. The van der Waals surface area contributed by atoms with Gasteiger partial charge in [0, 0.05) is 24.3 Å². The van der Waals surface area contributed by atoms with E-state index in [1.54, 1.807) is 0 Å². The number of ether oxygens (including phenoxy) is 1. The van der Waals surface area contributed by atoms with E-state index in [2.05, 4.69) is 22.4 Å². The van der Waals surface area contributed by atoms with E-state index in [9.17, 15) is 0 Å². The number of aromatic nitrogens is 2. The second-order valence-corrected chi connectivity index (χ2v) is 5.48. The summed E-state index contributed by atoms with van der Waals surface area (Å²) in [6, 6.07) is 6.54. The van der Waals surface area contributed by atoms with Crippen molar-refractivity contribution >= 4 is 0 Å². The minimum Gasteiger partial charge on any atom is -0.484 e. The van der Waals surface area contributed by atoms with Gasteiger partial charge in [-0.05, 0) is 38.3 Å². The van der Waals surface area contributed by atoms with E-state index in [1.165, 1.54) is 12.8 Å². The van der Waals surface area contributed by atoms with Gasteiger partial charge in [0.2, 0.25) is 0 Å². The lowest BCUT2D eigenvalue weighted by Gasteiger charge is -2.08. The average Bonchev–Trinajstić information content (AvgIpc) is 3.22. The van der Waals surface area contributed by atoms with Crippen LogP contribution in [-0.4, -0.2) is 16.2 Å². The topological polar surface area (TPSA) is 60.2 Å². The zero-order chi connectivity index (χ0) is 14.7. The van der Waals surface area contributed by atoms with Crippen LogP contribution >= 0.6 is 0 Å². The molecule has 5 heteroatoms. The average molecular weight is 287 g/mol. The van der Waals surface area contributed by atoms with Crippen molar-refractivity contribution in [2.24, 2.45) is 0 Å². The number of rotatable bonds is 7. The van der Waals surface area contributed by atoms with Gasteiger partial charge in [-0.15, -0.1) is 0 Å². The predicted octanol–water partition coefficient (Wildman–Crippen LogP) is 2.77. The van der Waals surface area contributed by atoms with Crippen molar-refractivity contribution in [1.29, 1.82) is 0 Å². The molecule has 1 aliphatic rings. The Morgan fingerprint density at radius 1 is 1.38 bits per heavy atom. The summed E-state index contributed by atoms with van der Waals surface area (Å²) in [5.41, 5.74) is 2.91. The molecule has 1 saturated carbocycles. The van der Waals surface area contributed by atoms with Gasteiger partial charge in [0.25, 0.3) is 0 Å². The zero-order valence-corrected chi connectivity index (χ0v) is 12.6. The van der Waals surface area contributed by atoms with E-state index < -0.39 is 0 Å². The maximum Gasteiger partial charge on any atom is 0.174 e. The number of nitrogens with one attached hydrogen (secondary N) is 1. The lowest BCUT2D eigenvalue weighted by atomic mass is 10.2. The van der Waals surface area contributed by atoms with Gasteiger partial charge in [-0.25, -0.2) is 0 Å². The van der Waals surface area contributed by atoms with Crippen molar-refractivity contribution in [2.45, 2.75) is 52.3 Å². The summed E-state index contributed by atoms with van der Waals surface area (Å²) < 4.78 is 11.1. The Balaban J connectivity index is 1.56. The molecule has 2 aromatic rings. The standard InChI is InChI=1S/C16H21N3O2/c1-3-15-16(7-4-11(2)18-15)20-10-14-8-13(19-21-14)9-17-12-5-6-12/h4,7-8,12,17H,3,5-6,9-10H2,1-2H3. The third-order valence-electron chi connectivity index (χ3n) is 3.53. The Bertz CT molecular complexity index is 605. The van der Waals surface area contributed by atoms with Crippen LogP contribution < -0.4 is 10.1 Å². The second-order valence-electron chi connectivity index (χ2n) is 5.48. The molecule has 0 aromatic carbocycles. The Hall–Kier alpha value is -1.88. The summed E-state index contributed by atoms with van der Waals surface area (Å²) in [6.45, 7) is 5.21. The highest BCUT2D eigenvalue weighted by molar-refractivity contribution is 5.29. The fourth-order valence-electron chi connectivity index (χ4n) is 2.17. The Labute approximate surface area is 124 Å². The zero-order valence-electron chi connectivity index (χ0n) is 12.6. The third kappa shape index (κ3) is 3.82. The van der Waals surface area contributed by atoms with E-state index >= 15 is 0 Å². The van der Waals surface area contributed by atoms with Gasteiger partial charge in [-0.3, -0.25) is 4.98 Å². The fraction of sp³-hybridized carbons (Fsp3) is 0.500. The van der Waals surface area contributed by atoms with Gasteiger partial charge >= 0.3 is 0 Å². The normalized spacial score (nSPS) is 14.4. The number of nitrogens with zero attached hydrogens (tertiary/aromatic N) is 2. The summed E-state index contributed by atoms with van der Waals surface area (Å²) in [6.07, 6.45) is 3.39. The van der Waals surface area contributed by atoms with Crippen molar-refractivity contribution in [2.75, 3.05) is 0 Å². The first-order valence-corrected chi connectivity index (χ1v) is 7.51. The molecular weight excluding hydrogens is 266 g/mol. The maximum absolute atomic E-state index is 5.80. The number of hydrogen-bond donors (Lipinski definition) is 1. The maximum atomic E-state index is 5.80. The second kappa shape index (κ2) is 6.26. The van der Waals surface area contributed by atoms with Crippen LogP contribution in [0.25, 0.3) is 0 Å². The van der Waals surface area contributed by atoms with Crippen LogP contribution in [0.15, 0.2) is 22.7 Å². The first kappa shape index (κ1) is 14.1. The molecule has 0 spiro atoms. The largest absolute Gasteiger partial charge is 0.484 e. The van der Waals surface area contributed by atoms with Crippen LogP contribution in [-0.2, 0) is 19.6 Å². The third-order valence-corrected chi connectivity index (χ3v) is 3.53. The minimum absolute atomic E-state index is 0.383. The molecule has 0 aliphatic heterocycles. The van der Waals surface area contributed by atoms with Gasteiger partial charge in [0.15, 0.2) is 5.76 Å². The van der Waals surface area contributed by atoms with Gasteiger partial charge in [-0.2, -0.15) is 0 Å². The molecule has 1 fully saturated rings. The first-order chi connectivity index (χ1) is 10.2. The van der Waals surface area contributed by atoms with Gasteiger partial charge < -0.3 is 14.6 Å². The lowest BCUT2D eigenvalue weighted by molar-refractivity contribution is 0.245. The number of pyridine rings is 1.